The molecule has 2 bridgehead atoms. The van der Waals surface area contributed by atoms with Crippen LogP contribution in [-0.2, 0) is 14.9 Å². The van der Waals surface area contributed by atoms with E-state index in [2.05, 4.69) is 41.4 Å². The van der Waals surface area contributed by atoms with Gasteiger partial charge in [-0.2, -0.15) is 0 Å². The Morgan fingerprint density at radius 1 is 1.28 bits per heavy atom. The van der Waals surface area contributed by atoms with Crippen LogP contribution in [0.1, 0.15) is 38.2 Å². The van der Waals surface area contributed by atoms with Crippen molar-refractivity contribution in [2.75, 3.05) is 25.5 Å². The minimum Gasteiger partial charge on any atom is -0.469 e. The van der Waals surface area contributed by atoms with Crippen LogP contribution in [0.3, 0.4) is 0 Å². The molecular formula is C21H26N2O2. The number of carbonyl (C=O) groups is 1. The van der Waals surface area contributed by atoms with Gasteiger partial charge in [-0.05, 0) is 61.7 Å². The molecule has 25 heavy (non-hydrogen) atoms. The van der Waals surface area contributed by atoms with Gasteiger partial charge in [-0.3, -0.25) is 9.69 Å². The van der Waals surface area contributed by atoms with Gasteiger partial charge in [-0.25, -0.2) is 0 Å². The van der Waals surface area contributed by atoms with Crippen molar-refractivity contribution in [3.05, 3.63) is 29.8 Å². The summed E-state index contributed by atoms with van der Waals surface area (Å²) >= 11 is 0. The van der Waals surface area contributed by atoms with Crippen molar-refractivity contribution in [2.24, 2.45) is 17.3 Å². The molecule has 4 fully saturated rings. The van der Waals surface area contributed by atoms with Gasteiger partial charge in [0.1, 0.15) is 0 Å². The average molecular weight is 338 g/mol. The normalized spacial score (nSPS) is 48.6. The van der Waals surface area contributed by atoms with Crippen LogP contribution in [0.4, 0.5) is 5.69 Å². The van der Waals surface area contributed by atoms with Crippen molar-refractivity contribution in [2.45, 2.75) is 49.6 Å². The fraction of sp³-hybridized carbons (Fsp3) is 0.667. The maximum atomic E-state index is 12.9. The van der Waals surface area contributed by atoms with E-state index in [4.69, 9.17) is 4.74 Å². The second-order valence-electron chi connectivity index (χ2n) is 9.04. The number of benzene rings is 1. The third-order valence-corrected chi connectivity index (χ3v) is 8.91. The zero-order valence-corrected chi connectivity index (χ0v) is 15.0. The summed E-state index contributed by atoms with van der Waals surface area (Å²) in [6.45, 7) is 4.82. The Balaban J connectivity index is 1.67. The number of para-hydroxylation sites is 1. The van der Waals surface area contributed by atoms with Crippen LogP contribution in [0.15, 0.2) is 24.3 Å². The van der Waals surface area contributed by atoms with Gasteiger partial charge in [0.15, 0.2) is 0 Å². The van der Waals surface area contributed by atoms with Crippen LogP contribution in [0, 0.1) is 17.3 Å². The molecule has 0 amide bonds. The van der Waals surface area contributed by atoms with Crippen molar-refractivity contribution < 1.29 is 9.53 Å². The minimum atomic E-state index is -0.173. The zero-order chi connectivity index (χ0) is 17.0. The number of ether oxygens (including phenoxy) is 1. The maximum absolute atomic E-state index is 12.9. The second-order valence-corrected chi connectivity index (χ2v) is 9.04. The molecule has 6 atom stereocenters. The number of esters is 1. The summed E-state index contributed by atoms with van der Waals surface area (Å²) in [6.07, 6.45) is 4.69. The highest BCUT2D eigenvalue weighted by molar-refractivity contribution is 5.82. The van der Waals surface area contributed by atoms with E-state index in [9.17, 15) is 4.79 Å². The van der Waals surface area contributed by atoms with E-state index in [1.54, 1.807) is 7.11 Å². The summed E-state index contributed by atoms with van der Waals surface area (Å²) in [7, 11) is 1.56. The van der Waals surface area contributed by atoms with Gasteiger partial charge in [0.2, 0.25) is 0 Å². The summed E-state index contributed by atoms with van der Waals surface area (Å²) < 4.78 is 5.32. The number of methoxy groups -OCH3 is 1. The monoisotopic (exact) mass is 338 g/mol. The molecule has 3 heterocycles. The number of nitrogens with one attached hydrogen (secondary N) is 1. The van der Waals surface area contributed by atoms with E-state index in [1.165, 1.54) is 43.6 Å². The first kappa shape index (κ1) is 14.6. The van der Waals surface area contributed by atoms with Gasteiger partial charge in [0.25, 0.3) is 0 Å². The molecule has 5 aliphatic rings. The molecule has 132 valence electrons. The van der Waals surface area contributed by atoms with E-state index >= 15 is 0 Å². The standard InChI is InChI=1S/C21H26N2O2/c1-13-19-8-5-10-23-11-9-20(18(19)23)14-6-3-4-7-16(14)22-21(13,20)15(12-19)17(24)25-2/h3-4,6-7,13,15,18,22H,5,8-12H2,1-2H3/t13-,15-,18-,19-,20-,21-/m0/s1. The maximum Gasteiger partial charge on any atom is 0.311 e. The summed E-state index contributed by atoms with van der Waals surface area (Å²) in [5, 5.41) is 3.96. The molecule has 1 N–H and O–H groups in total. The van der Waals surface area contributed by atoms with E-state index in [-0.39, 0.29) is 28.3 Å². The third-order valence-electron chi connectivity index (χ3n) is 8.91. The van der Waals surface area contributed by atoms with Crippen LogP contribution in [0.5, 0.6) is 0 Å². The molecular weight excluding hydrogens is 312 g/mol. The molecule has 0 unspecified atom stereocenters. The smallest absolute Gasteiger partial charge is 0.311 e. The van der Waals surface area contributed by atoms with E-state index < -0.39 is 0 Å². The Kier molecular flexibility index (Phi) is 2.47. The molecule has 3 spiro atoms. The summed E-state index contributed by atoms with van der Waals surface area (Å²) in [6, 6.07) is 9.42. The number of rotatable bonds is 1. The zero-order valence-electron chi connectivity index (χ0n) is 15.0. The molecule has 4 heteroatoms. The Morgan fingerprint density at radius 2 is 2.12 bits per heavy atom. The number of hydrogen-bond donors (Lipinski definition) is 1. The number of anilines is 1. The summed E-state index contributed by atoms with van der Waals surface area (Å²) in [4.78, 5) is 15.7. The van der Waals surface area contributed by atoms with E-state index in [1.807, 2.05) is 0 Å². The van der Waals surface area contributed by atoms with E-state index in [0.717, 1.165) is 6.42 Å². The number of carbonyl (C=O) groups excluding carboxylic acids is 1. The van der Waals surface area contributed by atoms with Gasteiger partial charge in [-0.15, -0.1) is 0 Å². The molecule has 0 aromatic heterocycles. The molecule has 4 nitrogen and oxygen atoms in total. The predicted molar refractivity (Wildman–Crippen MR) is 95.4 cm³/mol. The number of hydrogen-bond acceptors (Lipinski definition) is 4. The van der Waals surface area contributed by atoms with Gasteiger partial charge in [0.05, 0.1) is 18.6 Å². The molecule has 2 saturated heterocycles. The van der Waals surface area contributed by atoms with Crippen molar-refractivity contribution in [1.82, 2.24) is 4.90 Å². The number of fused-ring (bicyclic) bond motifs is 1. The Hall–Kier alpha value is -1.55. The summed E-state index contributed by atoms with van der Waals surface area (Å²) in [5.41, 5.74) is 2.88. The van der Waals surface area contributed by atoms with Crippen LogP contribution >= 0.6 is 0 Å². The first-order valence-electron chi connectivity index (χ1n) is 9.81. The molecule has 1 aromatic carbocycles. The van der Waals surface area contributed by atoms with Crippen molar-refractivity contribution >= 4 is 11.7 Å². The third kappa shape index (κ3) is 1.23. The first-order chi connectivity index (χ1) is 12.1. The van der Waals surface area contributed by atoms with Crippen molar-refractivity contribution in [3.63, 3.8) is 0 Å². The second kappa shape index (κ2) is 4.22. The Bertz CT molecular complexity index is 794. The van der Waals surface area contributed by atoms with Crippen LogP contribution in [0.2, 0.25) is 0 Å². The highest BCUT2D eigenvalue weighted by atomic mass is 16.5. The lowest BCUT2D eigenvalue weighted by Crippen LogP contribution is -2.63. The van der Waals surface area contributed by atoms with Crippen molar-refractivity contribution in [1.29, 1.82) is 0 Å². The van der Waals surface area contributed by atoms with Gasteiger partial charge < -0.3 is 10.1 Å². The van der Waals surface area contributed by atoms with Crippen LogP contribution < -0.4 is 5.32 Å². The minimum absolute atomic E-state index is 0.00844. The number of piperidine rings is 1. The first-order valence-corrected chi connectivity index (χ1v) is 9.81. The molecule has 0 radical (unpaired) electrons. The van der Waals surface area contributed by atoms with Crippen LogP contribution in [0.25, 0.3) is 0 Å². The fourth-order valence-corrected chi connectivity index (χ4v) is 8.44. The molecule has 6 rings (SSSR count). The predicted octanol–water partition coefficient (Wildman–Crippen LogP) is 2.79. The molecule has 2 aliphatic carbocycles. The number of nitrogens with zero attached hydrogens (tertiary/aromatic N) is 1. The molecule has 2 saturated carbocycles. The lowest BCUT2D eigenvalue weighted by atomic mass is 9.56. The van der Waals surface area contributed by atoms with Gasteiger partial charge in [-0.1, -0.05) is 25.1 Å². The molecule has 3 aliphatic heterocycles. The average Bonchev–Trinajstić information content (AvgIpc) is 3.29. The molecule has 1 aromatic rings. The SMILES string of the molecule is COC(=O)[C@@H]1C[C@@]23CCCN4CC[C@]5(c6ccccc6N[C@@]15[C@H]2C)[C@@H]43. The highest BCUT2D eigenvalue weighted by Crippen LogP contribution is 2.79. The lowest BCUT2D eigenvalue weighted by molar-refractivity contribution is -0.150. The topological polar surface area (TPSA) is 41.6 Å². The fourth-order valence-electron chi connectivity index (χ4n) is 8.44. The highest BCUT2D eigenvalue weighted by Gasteiger charge is 2.86. The largest absolute Gasteiger partial charge is 0.469 e. The van der Waals surface area contributed by atoms with Gasteiger partial charge >= 0.3 is 5.97 Å². The van der Waals surface area contributed by atoms with Crippen molar-refractivity contribution in [3.8, 4) is 0 Å². The van der Waals surface area contributed by atoms with E-state index in [0.29, 0.717) is 12.0 Å². The lowest BCUT2D eigenvalue weighted by Gasteiger charge is -2.52. The van der Waals surface area contributed by atoms with Crippen LogP contribution in [-0.4, -0.2) is 42.6 Å². The quantitative estimate of drug-likeness (QED) is 0.800. The van der Waals surface area contributed by atoms with Gasteiger partial charge in [0, 0.05) is 17.1 Å². The Morgan fingerprint density at radius 3 is 2.96 bits per heavy atom. The summed E-state index contributed by atoms with van der Waals surface area (Å²) in [5.74, 6) is 0.449. The Labute approximate surface area is 148 Å².